The van der Waals surface area contributed by atoms with Gasteiger partial charge in [-0.25, -0.2) is 0 Å². The van der Waals surface area contributed by atoms with Crippen LogP contribution in [-0.2, 0) is 0 Å². The van der Waals surface area contributed by atoms with E-state index in [1.807, 2.05) is 20.8 Å². The van der Waals surface area contributed by atoms with E-state index in [0.717, 1.165) is 5.57 Å². The van der Waals surface area contributed by atoms with Crippen molar-refractivity contribution >= 4 is 0 Å². The van der Waals surface area contributed by atoms with Crippen LogP contribution in [0.5, 0.6) is 0 Å². The Bertz CT molecular complexity index is 132. The summed E-state index contributed by atoms with van der Waals surface area (Å²) in [5.74, 6) is 0.716. The molecule has 1 N–H and O–H groups in total. The number of hydrogen-bond acceptors (Lipinski definition) is 1. The second kappa shape index (κ2) is 3.33. The first-order chi connectivity index (χ1) is 4.09. The Hall–Kier alpha value is -0.720. The summed E-state index contributed by atoms with van der Waals surface area (Å²) in [4.78, 5) is 0. The lowest BCUT2D eigenvalue weighted by molar-refractivity contribution is 0.417. The van der Waals surface area contributed by atoms with E-state index < -0.39 is 0 Å². The Labute approximate surface area is 56.7 Å². The van der Waals surface area contributed by atoms with Crippen molar-refractivity contribution in [2.24, 2.45) is 5.92 Å². The summed E-state index contributed by atoms with van der Waals surface area (Å²) >= 11 is 0. The summed E-state index contributed by atoms with van der Waals surface area (Å²) in [6.45, 7) is 9.43. The smallest absolute Gasteiger partial charge is 0.114 e. The zero-order valence-corrected chi connectivity index (χ0v) is 6.31. The molecule has 1 nitrogen and oxygen atoms in total. The van der Waals surface area contributed by atoms with Crippen molar-refractivity contribution < 1.29 is 5.11 Å². The second-order valence-electron chi connectivity index (χ2n) is 2.43. The minimum absolute atomic E-state index is 0.310. The highest BCUT2D eigenvalue weighted by molar-refractivity contribution is 5.16. The molecule has 0 aliphatic heterocycles. The summed E-state index contributed by atoms with van der Waals surface area (Å²) < 4.78 is 0. The molecule has 0 aromatic rings. The van der Waals surface area contributed by atoms with E-state index in [0.29, 0.717) is 11.7 Å². The van der Waals surface area contributed by atoms with E-state index in [-0.39, 0.29) is 0 Å². The molecule has 0 unspecified atom stereocenters. The third-order valence-corrected chi connectivity index (χ3v) is 1.46. The standard InChI is InChI=1S/C8H14O/c1-5-8(9)7(4)6(2)3/h5-6,9H,1H2,2-4H3/b8-7-. The predicted molar refractivity (Wildman–Crippen MR) is 40.4 cm³/mol. The zero-order chi connectivity index (χ0) is 7.44. The molecule has 0 radical (unpaired) electrons. The summed E-state index contributed by atoms with van der Waals surface area (Å²) in [5.41, 5.74) is 0.991. The van der Waals surface area contributed by atoms with Crippen molar-refractivity contribution in [3.8, 4) is 0 Å². The normalized spacial score (nSPS) is 13.3. The fourth-order valence-electron chi connectivity index (χ4n) is 0.457. The van der Waals surface area contributed by atoms with Crippen LogP contribution in [0.4, 0.5) is 0 Å². The molecule has 52 valence electrons. The van der Waals surface area contributed by atoms with Crippen LogP contribution in [-0.4, -0.2) is 5.11 Å². The van der Waals surface area contributed by atoms with Gasteiger partial charge in [0.05, 0.1) is 0 Å². The average molecular weight is 126 g/mol. The maximum atomic E-state index is 9.06. The topological polar surface area (TPSA) is 20.2 Å². The number of allylic oxidation sites excluding steroid dienone is 2. The molecule has 9 heavy (non-hydrogen) atoms. The molecular formula is C8H14O. The summed E-state index contributed by atoms with van der Waals surface area (Å²) in [7, 11) is 0. The monoisotopic (exact) mass is 126 g/mol. The van der Waals surface area contributed by atoms with Crippen LogP contribution in [0, 0.1) is 5.92 Å². The van der Waals surface area contributed by atoms with Gasteiger partial charge in [-0.15, -0.1) is 0 Å². The molecule has 0 heterocycles. The molecular weight excluding hydrogens is 112 g/mol. The van der Waals surface area contributed by atoms with E-state index in [1.54, 1.807) is 0 Å². The third-order valence-electron chi connectivity index (χ3n) is 1.46. The van der Waals surface area contributed by atoms with Gasteiger partial charge in [0.1, 0.15) is 5.76 Å². The molecule has 0 saturated heterocycles. The van der Waals surface area contributed by atoms with Gasteiger partial charge >= 0.3 is 0 Å². The molecule has 0 fully saturated rings. The minimum atomic E-state index is 0.310. The van der Waals surface area contributed by atoms with Gasteiger partial charge in [-0.05, 0) is 24.5 Å². The van der Waals surface area contributed by atoms with Gasteiger partial charge in [0.15, 0.2) is 0 Å². The fourth-order valence-corrected chi connectivity index (χ4v) is 0.457. The van der Waals surface area contributed by atoms with Crippen LogP contribution in [0.2, 0.25) is 0 Å². The lowest BCUT2D eigenvalue weighted by Gasteiger charge is -2.04. The number of hydrogen-bond donors (Lipinski definition) is 1. The first-order valence-electron chi connectivity index (χ1n) is 3.11. The van der Waals surface area contributed by atoms with Crippen LogP contribution in [0.3, 0.4) is 0 Å². The molecule has 0 aromatic carbocycles. The van der Waals surface area contributed by atoms with Gasteiger partial charge in [0.2, 0.25) is 0 Å². The average Bonchev–Trinajstić information content (AvgIpc) is 1.84. The molecule has 0 rings (SSSR count). The van der Waals surface area contributed by atoms with E-state index in [1.165, 1.54) is 6.08 Å². The van der Waals surface area contributed by atoms with Crippen molar-refractivity contribution in [3.63, 3.8) is 0 Å². The molecule has 0 atom stereocenters. The van der Waals surface area contributed by atoms with Crippen molar-refractivity contribution in [3.05, 3.63) is 24.0 Å². The Morgan fingerprint density at radius 1 is 1.56 bits per heavy atom. The summed E-state index contributed by atoms with van der Waals surface area (Å²) in [6.07, 6.45) is 1.47. The zero-order valence-electron chi connectivity index (χ0n) is 6.31. The maximum absolute atomic E-state index is 9.06. The molecule has 0 saturated carbocycles. The Balaban J connectivity index is 4.27. The molecule has 0 amide bonds. The Morgan fingerprint density at radius 2 is 2.00 bits per heavy atom. The maximum Gasteiger partial charge on any atom is 0.114 e. The highest BCUT2D eigenvalue weighted by atomic mass is 16.3. The molecule has 1 heteroatoms. The van der Waals surface area contributed by atoms with E-state index in [4.69, 9.17) is 5.11 Å². The first-order valence-corrected chi connectivity index (χ1v) is 3.11. The van der Waals surface area contributed by atoms with Crippen molar-refractivity contribution in [2.45, 2.75) is 20.8 Å². The second-order valence-corrected chi connectivity index (χ2v) is 2.43. The van der Waals surface area contributed by atoms with Crippen LogP contribution in [0.25, 0.3) is 0 Å². The van der Waals surface area contributed by atoms with Crippen LogP contribution in [0.15, 0.2) is 24.0 Å². The van der Waals surface area contributed by atoms with Gasteiger partial charge in [-0.1, -0.05) is 20.4 Å². The van der Waals surface area contributed by atoms with Crippen molar-refractivity contribution in [2.75, 3.05) is 0 Å². The van der Waals surface area contributed by atoms with Crippen LogP contribution in [0.1, 0.15) is 20.8 Å². The van der Waals surface area contributed by atoms with Crippen LogP contribution < -0.4 is 0 Å². The molecule has 0 aromatic heterocycles. The molecule has 0 bridgehead atoms. The Morgan fingerprint density at radius 3 is 2.11 bits per heavy atom. The third kappa shape index (κ3) is 2.36. The minimum Gasteiger partial charge on any atom is -0.508 e. The van der Waals surface area contributed by atoms with Crippen molar-refractivity contribution in [1.82, 2.24) is 0 Å². The van der Waals surface area contributed by atoms with Gasteiger partial charge in [0, 0.05) is 0 Å². The SMILES string of the molecule is C=C/C(O)=C(\C)C(C)C. The summed E-state index contributed by atoms with van der Waals surface area (Å²) in [6, 6.07) is 0. The highest BCUT2D eigenvalue weighted by Gasteiger charge is 1.99. The van der Waals surface area contributed by atoms with Gasteiger partial charge < -0.3 is 5.11 Å². The van der Waals surface area contributed by atoms with Gasteiger partial charge in [0.25, 0.3) is 0 Å². The number of rotatable bonds is 2. The molecule has 0 aliphatic rings. The first kappa shape index (κ1) is 8.28. The lowest BCUT2D eigenvalue weighted by Crippen LogP contribution is -1.92. The predicted octanol–water partition coefficient (Wildman–Crippen LogP) is 2.66. The Kier molecular flexibility index (Phi) is 3.07. The lowest BCUT2D eigenvalue weighted by atomic mass is 10.0. The number of aliphatic hydroxyl groups excluding tert-OH is 1. The van der Waals surface area contributed by atoms with E-state index in [9.17, 15) is 0 Å². The van der Waals surface area contributed by atoms with Crippen LogP contribution >= 0.6 is 0 Å². The highest BCUT2D eigenvalue weighted by Crippen LogP contribution is 2.11. The van der Waals surface area contributed by atoms with E-state index >= 15 is 0 Å². The van der Waals surface area contributed by atoms with Gasteiger partial charge in [-0.3, -0.25) is 0 Å². The van der Waals surface area contributed by atoms with Gasteiger partial charge in [-0.2, -0.15) is 0 Å². The van der Waals surface area contributed by atoms with Crippen molar-refractivity contribution in [1.29, 1.82) is 0 Å². The largest absolute Gasteiger partial charge is 0.508 e. The quantitative estimate of drug-likeness (QED) is 0.445. The molecule has 0 spiro atoms. The number of aliphatic hydroxyl groups is 1. The molecule has 0 aliphatic carbocycles. The summed E-state index contributed by atoms with van der Waals surface area (Å²) in [5, 5.41) is 9.06. The fraction of sp³-hybridized carbons (Fsp3) is 0.500. The van der Waals surface area contributed by atoms with E-state index in [2.05, 4.69) is 6.58 Å².